The third-order valence-electron chi connectivity index (χ3n) is 4.99. The van der Waals surface area contributed by atoms with Crippen LogP contribution in [0.15, 0.2) is 121 Å². The van der Waals surface area contributed by atoms with E-state index in [2.05, 4.69) is 84.9 Å². The molecule has 4 aromatic carbocycles. The molecule has 0 saturated heterocycles. The fourth-order valence-corrected chi connectivity index (χ4v) is 3.49. The van der Waals surface area contributed by atoms with Gasteiger partial charge in [0.1, 0.15) is 6.29 Å². The Morgan fingerprint density at radius 3 is 1.40 bits per heavy atom. The van der Waals surface area contributed by atoms with Crippen LogP contribution in [0, 0.1) is 0 Å². The molecule has 0 atom stereocenters. The van der Waals surface area contributed by atoms with Crippen LogP contribution in [0.1, 0.15) is 32.6 Å². The molecule has 1 nitrogen and oxygen atoms in total. The lowest BCUT2D eigenvalue weighted by molar-refractivity contribution is 0.112. The highest BCUT2D eigenvalue weighted by Gasteiger charge is 2.12. The predicted octanol–water partition coefficient (Wildman–Crippen LogP) is 7.17. The monoisotopic (exact) mass is 386 g/mol. The SMILES string of the molecule is O=Cc1ccc(C=CC(=C(c2ccccc2)c2ccccc2)c2ccccc2)cc1. The lowest BCUT2D eigenvalue weighted by atomic mass is 9.89. The van der Waals surface area contributed by atoms with E-state index in [0.717, 1.165) is 23.0 Å². The number of hydrogen-bond donors (Lipinski definition) is 0. The first-order valence-electron chi connectivity index (χ1n) is 9.99. The minimum atomic E-state index is 0.681. The molecular weight excluding hydrogens is 364 g/mol. The van der Waals surface area contributed by atoms with E-state index in [-0.39, 0.29) is 0 Å². The van der Waals surface area contributed by atoms with Crippen molar-refractivity contribution in [3.05, 3.63) is 149 Å². The number of hydrogen-bond acceptors (Lipinski definition) is 1. The summed E-state index contributed by atoms with van der Waals surface area (Å²) in [5.74, 6) is 0. The zero-order valence-electron chi connectivity index (χ0n) is 16.6. The molecule has 144 valence electrons. The molecule has 0 aliphatic carbocycles. The second-order valence-corrected chi connectivity index (χ2v) is 7.00. The standard InChI is InChI=1S/C29H22O/c30-22-24-18-16-23(17-19-24)20-21-28(25-10-4-1-5-11-25)29(26-12-6-2-7-13-26)27-14-8-3-9-15-27/h1-22H. The Balaban J connectivity index is 1.92. The van der Waals surface area contributed by atoms with Crippen LogP contribution >= 0.6 is 0 Å². The molecule has 0 radical (unpaired) electrons. The number of benzene rings is 4. The molecule has 0 spiro atoms. The largest absolute Gasteiger partial charge is 0.298 e. The van der Waals surface area contributed by atoms with E-state index in [1.54, 1.807) is 0 Å². The van der Waals surface area contributed by atoms with Gasteiger partial charge in [0.15, 0.2) is 0 Å². The molecule has 0 heterocycles. The van der Waals surface area contributed by atoms with Gasteiger partial charge in [-0.2, -0.15) is 0 Å². The Kier molecular flexibility index (Phi) is 6.12. The van der Waals surface area contributed by atoms with Gasteiger partial charge in [-0.15, -0.1) is 0 Å². The zero-order chi connectivity index (χ0) is 20.6. The van der Waals surface area contributed by atoms with Crippen LogP contribution in [-0.2, 0) is 0 Å². The maximum atomic E-state index is 10.9. The predicted molar refractivity (Wildman–Crippen MR) is 126 cm³/mol. The Hall–Kier alpha value is -3.97. The molecular formula is C29H22O. The Morgan fingerprint density at radius 2 is 0.933 bits per heavy atom. The van der Waals surface area contributed by atoms with Crippen LogP contribution in [0.3, 0.4) is 0 Å². The highest BCUT2D eigenvalue weighted by molar-refractivity contribution is 6.03. The molecule has 0 amide bonds. The Bertz CT molecular complexity index is 1110. The summed E-state index contributed by atoms with van der Waals surface area (Å²) in [6.07, 6.45) is 5.13. The van der Waals surface area contributed by atoms with Gasteiger partial charge in [0.05, 0.1) is 0 Å². The molecule has 30 heavy (non-hydrogen) atoms. The summed E-state index contributed by atoms with van der Waals surface area (Å²) in [5.41, 5.74) is 7.55. The summed E-state index contributed by atoms with van der Waals surface area (Å²) in [7, 11) is 0. The average molecular weight is 386 g/mol. The summed E-state index contributed by atoms with van der Waals surface area (Å²) in [6.45, 7) is 0. The van der Waals surface area contributed by atoms with Gasteiger partial charge in [0.2, 0.25) is 0 Å². The van der Waals surface area contributed by atoms with Crippen molar-refractivity contribution < 1.29 is 4.79 Å². The Labute approximate surface area is 177 Å². The lowest BCUT2D eigenvalue weighted by Crippen LogP contribution is -1.93. The number of aldehydes is 1. The molecule has 0 aliphatic rings. The number of rotatable bonds is 6. The summed E-state index contributed by atoms with van der Waals surface area (Å²) in [6, 6.07) is 39.0. The smallest absolute Gasteiger partial charge is 0.150 e. The van der Waals surface area contributed by atoms with Crippen molar-refractivity contribution in [3.8, 4) is 0 Å². The van der Waals surface area contributed by atoms with Crippen LogP contribution < -0.4 is 0 Å². The summed E-state index contributed by atoms with van der Waals surface area (Å²) in [5, 5.41) is 0. The van der Waals surface area contributed by atoms with Crippen molar-refractivity contribution in [2.24, 2.45) is 0 Å². The van der Waals surface area contributed by atoms with Crippen LogP contribution in [0.25, 0.3) is 17.2 Å². The van der Waals surface area contributed by atoms with Crippen molar-refractivity contribution in [2.45, 2.75) is 0 Å². The molecule has 0 fully saturated rings. The lowest BCUT2D eigenvalue weighted by Gasteiger charge is -2.15. The maximum absolute atomic E-state index is 10.9. The third-order valence-corrected chi connectivity index (χ3v) is 4.99. The van der Waals surface area contributed by atoms with Gasteiger partial charge in [0, 0.05) is 5.56 Å². The molecule has 0 saturated carbocycles. The zero-order valence-corrected chi connectivity index (χ0v) is 16.6. The van der Waals surface area contributed by atoms with Gasteiger partial charge in [-0.1, -0.05) is 127 Å². The maximum Gasteiger partial charge on any atom is 0.150 e. The first-order valence-corrected chi connectivity index (χ1v) is 9.99. The summed E-state index contributed by atoms with van der Waals surface area (Å²) >= 11 is 0. The van der Waals surface area contributed by atoms with Crippen molar-refractivity contribution in [2.75, 3.05) is 0 Å². The quantitative estimate of drug-likeness (QED) is 0.195. The molecule has 0 N–H and O–H groups in total. The minimum Gasteiger partial charge on any atom is -0.298 e. The highest BCUT2D eigenvalue weighted by atomic mass is 16.1. The first-order chi connectivity index (χ1) is 14.8. The van der Waals surface area contributed by atoms with E-state index < -0.39 is 0 Å². The van der Waals surface area contributed by atoms with Gasteiger partial charge in [-0.3, -0.25) is 4.79 Å². The van der Waals surface area contributed by atoms with E-state index in [4.69, 9.17) is 0 Å². The topological polar surface area (TPSA) is 17.1 Å². The second-order valence-electron chi connectivity index (χ2n) is 7.00. The minimum absolute atomic E-state index is 0.681. The average Bonchev–Trinajstić information content (AvgIpc) is 2.84. The third kappa shape index (κ3) is 4.53. The number of carbonyl (C=O) groups excluding carboxylic acids is 1. The van der Waals surface area contributed by atoms with E-state index in [1.807, 2.05) is 42.5 Å². The van der Waals surface area contributed by atoms with Crippen molar-refractivity contribution >= 4 is 23.5 Å². The molecule has 4 rings (SSSR count). The number of carbonyl (C=O) groups is 1. The molecule has 0 unspecified atom stereocenters. The van der Waals surface area contributed by atoms with E-state index in [0.29, 0.717) is 5.56 Å². The van der Waals surface area contributed by atoms with Crippen LogP contribution in [0.2, 0.25) is 0 Å². The molecule has 0 aromatic heterocycles. The molecule has 4 aromatic rings. The van der Waals surface area contributed by atoms with Crippen molar-refractivity contribution in [1.82, 2.24) is 0 Å². The van der Waals surface area contributed by atoms with E-state index in [1.165, 1.54) is 16.7 Å². The molecule has 0 bridgehead atoms. The molecule has 1 heteroatoms. The summed E-state index contributed by atoms with van der Waals surface area (Å²) < 4.78 is 0. The van der Waals surface area contributed by atoms with Crippen LogP contribution in [0.5, 0.6) is 0 Å². The van der Waals surface area contributed by atoms with Gasteiger partial charge >= 0.3 is 0 Å². The second kappa shape index (κ2) is 9.49. The normalized spacial score (nSPS) is 10.7. The van der Waals surface area contributed by atoms with Gasteiger partial charge in [-0.25, -0.2) is 0 Å². The number of allylic oxidation sites excluding steroid dienone is 2. The van der Waals surface area contributed by atoms with Crippen molar-refractivity contribution in [3.63, 3.8) is 0 Å². The Morgan fingerprint density at radius 1 is 0.500 bits per heavy atom. The fourth-order valence-electron chi connectivity index (χ4n) is 3.49. The van der Waals surface area contributed by atoms with E-state index in [9.17, 15) is 4.79 Å². The van der Waals surface area contributed by atoms with Crippen molar-refractivity contribution in [1.29, 1.82) is 0 Å². The summed E-state index contributed by atoms with van der Waals surface area (Å²) in [4.78, 5) is 10.9. The van der Waals surface area contributed by atoms with Gasteiger partial charge in [0.25, 0.3) is 0 Å². The van der Waals surface area contributed by atoms with Gasteiger partial charge in [-0.05, 0) is 33.4 Å². The van der Waals surface area contributed by atoms with Crippen LogP contribution in [0.4, 0.5) is 0 Å². The highest BCUT2D eigenvalue weighted by Crippen LogP contribution is 2.33. The first kappa shape index (κ1) is 19.4. The fraction of sp³-hybridized carbons (Fsp3) is 0. The van der Waals surface area contributed by atoms with Gasteiger partial charge < -0.3 is 0 Å². The van der Waals surface area contributed by atoms with Crippen LogP contribution in [-0.4, -0.2) is 6.29 Å². The molecule has 0 aliphatic heterocycles. The van der Waals surface area contributed by atoms with E-state index >= 15 is 0 Å².